The molecule has 1 atom stereocenters. The average Bonchev–Trinajstić information content (AvgIpc) is 3.01. The van der Waals surface area contributed by atoms with E-state index in [0.717, 1.165) is 10.5 Å². The Morgan fingerprint density at radius 1 is 1.13 bits per heavy atom. The lowest BCUT2D eigenvalue weighted by molar-refractivity contribution is -0.134. The zero-order chi connectivity index (χ0) is 22.6. The van der Waals surface area contributed by atoms with E-state index in [-0.39, 0.29) is 6.54 Å². The molecule has 31 heavy (non-hydrogen) atoms. The highest BCUT2D eigenvalue weighted by atomic mass is 16.5. The Balaban J connectivity index is 1.65. The maximum absolute atomic E-state index is 12.9. The molecule has 3 rings (SSSR count). The second kappa shape index (κ2) is 8.75. The quantitative estimate of drug-likeness (QED) is 0.655. The standard InChI is InChI=1S/C22H22N4O5/c1-22(16-7-4-14(11-23)5-8-16)20(28)26(21(29)25-22)13-19(27)24-12-15-6-9-17(30-2)18(10-15)31-3/h4-10H,12-13H2,1-3H3,(H,24,27)(H,25,29). The lowest BCUT2D eigenvalue weighted by Crippen LogP contribution is -2.43. The van der Waals surface area contributed by atoms with Crippen LogP contribution in [0.1, 0.15) is 23.6 Å². The largest absolute Gasteiger partial charge is 0.493 e. The van der Waals surface area contributed by atoms with Gasteiger partial charge in [0.2, 0.25) is 5.91 Å². The molecule has 1 fully saturated rings. The van der Waals surface area contributed by atoms with Crippen molar-refractivity contribution in [2.45, 2.75) is 19.0 Å². The Labute approximate surface area is 179 Å². The molecule has 0 bridgehead atoms. The van der Waals surface area contributed by atoms with Gasteiger partial charge in [0.15, 0.2) is 11.5 Å². The number of nitrogens with zero attached hydrogens (tertiary/aromatic N) is 2. The number of hydrogen-bond donors (Lipinski definition) is 2. The highest BCUT2D eigenvalue weighted by Crippen LogP contribution is 2.29. The number of amides is 4. The summed E-state index contributed by atoms with van der Waals surface area (Å²) in [6.07, 6.45) is 0. The minimum Gasteiger partial charge on any atom is -0.493 e. The molecule has 2 aromatic carbocycles. The molecule has 1 heterocycles. The molecule has 1 aliphatic rings. The number of benzene rings is 2. The van der Waals surface area contributed by atoms with Crippen LogP contribution in [0.4, 0.5) is 4.79 Å². The molecule has 4 amide bonds. The van der Waals surface area contributed by atoms with Crippen molar-refractivity contribution >= 4 is 17.8 Å². The van der Waals surface area contributed by atoms with Gasteiger partial charge >= 0.3 is 6.03 Å². The summed E-state index contributed by atoms with van der Waals surface area (Å²) in [6.45, 7) is 1.34. The molecule has 0 aromatic heterocycles. The molecule has 1 aliphatic heterocycles. The van der Waals surface area contributed by atoms with Crippen LogP contribution in [0.25, 0.3) is 0 Å². The van der Waals surface area contributed by atoms with Crippen LogP contribution in [-0.2, 0) is 21.7 Å². The van der Waals surface area contributed by atoms with Gasteiger partial charge in [0.1, 0.15) is 12.1 Å². The van der Waals surface area contributed by atoms with Crippen molar-refractivity contribution in [2.24, 2.45) is 0 Å². The molecule has 1 saturated heterocycles. The Bertz CT molecular complexity index is 1060. The van der Waals surface area contributed by atoms with Crippen molar-refractivity contribution < 1.29 is 23.9 Å². The molecule has 0 spiro atoms. The van der Waals surface area contributed by atoms with Crippen LogP contribution >= 0.6 is 0 Å². The lowest BCUT2D eigenvalue weighted by Gasteiger charge is -2.22. The summed E-state index contributed by atoms with van der Waals surface area (Å²) in [5.41, 5.74) is 0.425. The summed E-state index contributed by atoms with van der Waals surface area (Å²) >= 11 is 0. The molecular weight excluding hydrogens is 400 g/mol. The van der Waals surface area contributed by atoms with Crippen LogP contribution in [0.5, 0.6) is 11.5 Å². The van der Waals surface area contributed by atoms with E-state index in [1.807, 2.05) is 6.07 Å². The number of urea groups is 1. The van der Waals surface area contributed by atoms with Crippen LogP contribution < -0.4 is 20.1 Å². The maximum atomic E-state index is 12.9. The number of hydrogen-bond acceptors (Lipinski definition) is 6. The third kappa shape index (κ3) is 4.28. The van der Waals surface area contributed by atoms with Crippen LogP contribution in [0.3, 0.4) is 0 Å². The minimum atomic E-state index is -1.31. The summed E-state index contributed by atoms with van der Waals surface area (Å²) < 4.78 is 10.4. The normalized spacial score (nSPS) is 17.7. The SMILES string of the molecule is COc1ccc(CNC(=O)CN2C(=O)NC(C)(c3ccc(C#N)cc3)C2=O)cc1OC. The number of imide groups is 1. The third-order valence-electron chi connectivity index (χ3n) is 5.11. The van der Waals surface area contributed by atoms with E-state index in [2.05, 4.69) is 10.6 Å². The Morgan fingerprint density at radius 2 is 1.81 bits per heavy atom. The monoisotopic (exact) mass is 422 g/mol. The van der Waals surface area contributed by atoms with E-state index >= 15 is 0 Å². The first-order chi connectivity index (χ1) is 14.8. The summed E-state index contributed by atoms with van der Waals surface area (Å²) in [4.78, 5) is 38.6. The van der Waals surface area contributed by atoms with Crippen LogP contribution in [0.15, 0.2) is 42.5 Å². The first-order valence-corrected chi connectivity index (χ1v) is 9.44. The smallest absolute Gasteiger partial charge is 0.325 e. The summed E-state index contributed by atoms with van der Waals surface area (Å²) in [7, 11) is 3.05. The highest BCUT2D eigenvalue weighted by Gasteiger charge is 2.49. The number of nitriles is 1. The second-order valence-corrected chi connectivity index (χ2v) is 7.10. The topological polar surface area (TPSA) is 121 Å². The van der Waals surface area contributed by atoms with Gasteiger partial charge in [-0.25, -0.2) is 4.79 Å². The summed E-state index contributed by atoms with van der Waals surface area (Å²) in [5, 5.41) is 14.3. The zero-order valence-electron chi connectivity index (χ0n) is 17.4. The first-order valence-electron chi connectivity index (χ1n) is 9.44. The molecule has 0 aliphatic carbocycles. The van der Waals surface area contributed by atoms with Crippen molar-refractivity contribution in [3.05, 3.63) is 59.2 Å². The zero-order valence-corrected chi connectivity index (χ0v) is 17.4. The summed E-state index contributed by atoms with van der Waals surface area (Å²) in [6, 6.07) is 12.9. The van der Waals surface area contributed by atoms with E-state index in [1.165, 1.54) is 14.2 Å². The number of carbonyl (C=O) groups is 3. The van der Waals surface area contributed by atoms with Crippen molar-refractivity contribution in [3.8, 4) is 17.6 Å². The van der Waals surface area contributed by atoms with Crippen molar-refractivity contribution in [2.75, 3.05) is 20.8 Å². The van der Waals surface area contributed by atoms with Crippen molar-refractivity contribution in [1.29, 1.82) is 5.26 Å². The number of rotatable bonds is 7. The average molecular weight is 422 g/mol. The third-order valence-corrected chi connectivity index (χ3v) is 5.11. The highest BCUT2D eigenvalue weighted by molar-refractivity contribution is 6.09. The Hall–Kier alpha value is -4.06. The van der Waals surface area contributed by atoms with Gasteiger partial charge in [0.25, 0.3) is 5.91 Å². The first kappa shape index (κ1) is 21.6. The summed E-state index contributed by atoms with van der Waals surface area (Å²) in [5.74, 6) is 0.0753. The Morgan fingerprint density at radius 3 is 2.42 bits per heavy atom. The molecule has 0 saturated carbocycles. The minimum absolute atomic E-state index is 0.190. The number of ether oxygens (including phenoxy) is 2. The van der Waals surface area contributed by atoms with Gasteiger partial charge in [-0.2, -0.15) is 5.26 Å². The van der Waals surface area contributed by atoms with E-state index in [9.17, 15) is 14.4 Å². The van der Waals surface area contributed by atoms with Gasteiger partial charge < -0.3 is 20.1 Å². The van der Waals surface area contributed by atoms with Crippen LogP contribution in [0, 0.1) is 11.3 Å². The van der Waals surface area contributed by atoms with Gasteiger partial charge in [-0.3, -0.25) is 14.5 Å². The molecule has 1 unspecified atom stereocenters. The van der Waals surface area contributed by atoms with Gasteiger partial charge in [0, 0.05) is 6.54 Å². The van der Waals surface area contributed by atoms with Crippen LogP contribution in [-0.4, -0.2) is 43.5 Å². The number of carbonyl (C=O) groups excluding carboxylic acids is 3. The van der Waals surface area contributed by atoms with Crippen molar-refractivity contribution in [1.82, 2.24) is 15.5 Å². The Kier molecular flexibility index (Phi) is 6.11. The maximum Gasteiger partial charge on any atom is 0.325 e. The van der Waals surface area contributed by atoms with Gasteiger partial charge in [-0.15, -0.1) is 0 Å². The molecular formula is C22H22N4O5. The molecule has 9 heteroatoms. The predicted octanol–water partition coefficient (Wildman–Crippen LogP) is 1.66. The van der Waals surface area contributed by atoms with Gasteiger partial charge in [-0.05, 0) is 42.3 Å². The fourth-order valence-electron chi connectivity index (χ4n) is 3.31. The van der Waals surface area contributed by atoms with Gasteiger partial charge in [0.05, 0.1) is 25.9 Å². The number of nitrogens with one attached hydrogen (secondary N) is 2. The predicted molar refractivity (Wildman–Crippen MR) is 110 cm³/mol. The van der Waals surface area contributed by atoms with Gasteiger partial charge in [-0.1, -0.05) is 18.2 Å². The molecule has 160 valence electrons. The molecule has 9 nitrogen and oxygen atoms in total. The fraction of sp³-hybridized carbons (Fsp3) is 0.273. The fourth-order valence-corrected chi connectivity index (χ4v) is 3.31. The van der Waals surface area contributed by atoms with E-state index in [0.29, 0.717) is 22.6 Å². The lowest BCUT2D eigenvalue weighted by atomic mass is 9.91. The van der Waals surface area contributed by atoms with Crippen molar-refractivity contribution in [3.63, 3.8) is 0 Å². The molecule has 2 aromatic rings. The second-order valence-electron chi connectivity index (χ2n) is 7.10. The van der Waals surface area contributed by atoms with E-state index < -0.39 is 29.9 Å². The van der Waals surface area contributed by atoms with E-state index in [1.54, 1.807) is 49.4 Å². The number of methoxy groups -OCH3 is 2. The molecule has 0 radical (unpaired) electrons. The van der Waals surface area contributed by atoms with E-state index in [4.69, 9.17) is 14.7 Å². The molecule has 2 N–H and O–H groups in total. The van der Waals surface area contributed by atoms with Crippen LogP contribution in [0.2, 0.25) is 0 Å².